The van der Waals surface area contributed by atoms with E-state index < -0.39 is 0 Å². The van der Waals surface area contributed by atoms with Gasteiger partial charge in [-0.2, -0.15) is 5.10 Å². The molecule has 0 unspecified atom stereocenters. The highest BCUT2D eigenvalue weighted by Gasteiger charge is 2.11. The summed E-state index contributed by atoms with van der Waals surface area (Å²) in [6.45, 7) is 5.23. The molecule has 1 aliphatic heterocycles. The summed E-state index contributed by atoms with van der Waals surface area (Å²) < 4.78 is 6.99. The Morgan fingerprint density at radius 1 is 1.21 bits per heavy atom. The second kappa shape index (κ2) is 8.42. The fourth-order valence-corrected chi connectivity index (χ4v) is 2.56. The molecule has 0 saturated carbocycles. The molecule has 3 heterocycles. The lowest BCUT2D eigenvalue weighted by Gasteiger charge is -2.26. The number of carbonyl (C=O) groups excluding carboxylic acids is 1. The molecular formula is C16H22N6O2. The molecule has 2 amide bonds. The maximum absolute atomic E-state index is 11.9. The summed E-state index contributed by atoms with van der Waals surface area (Å²) in [5, 5.41) is 9.93. The molecule has 2 aromatic rings. The highest BCUT2D eigenvalue weighted by atomic mass is 16.5. The molecule has 8 heteroatoms. The molecule has 128 valence electrons. The zero-order chi connectivity index (χ0) is 16.6. The molecule has 0 atom stereocenters. The number of nitrogens with one attached hydrogen (secondary N) is 2. The molecule has 0 bridgehead atoms. The van der Waals surface area contributed by atoms with Crippen molar-refractivity contribution in [3.63, 3.8) is 0 Å². The minimum atomic E-state index is -0.182. The van der Waals surface area contributed by atoms with Gasteiger partial charge in [0.15, 0.2) is 5.82 Å². The van der Waals surface area contributed by atoms with Gasteiger partial charge < -0.3 is 15.4 Å². The van der Waals surface area contributed by atoms with Crippen LogP contribution in [-0.4, -0.2) is 65.1 Å². The monoisotopic (exact) mass is 330 g/mol. The standard InChI is InChI=1S/C16H22N6O2/c23-16(18-6-8-21-9-11-24-12-10-21)19-13-14-3-1-4-17-15(14)22-7-2-5-20-22/h1-5,7H,6,8-13H2,(H2,18,19,23). The van der Waals surface area contributed by atoms with E-state index in [-0.39, 0.29) is 6.03 Å². The minimum absolute atomic E-state index is 0.182. The number of rotatable bonds is 6. The number of aromatic nitrogens is 3. The van der Waals surface area contributed by atoms with Crippen molar-refractivity contribution in [1.29, 1.82) is 0 Å². The highest BCUT2D eigenvalue weighted by molar-refractivity contribution is 5.73. The predicted molar refractivity (Wildman–Crippen MR) is 88.9 cm³/mol. The van der Waals surface area contributed by atoms with Gasteiger partial charge in [-0.05, 0) is 12.1 Å². The molecule has 1 aliphatic rings. The van der Waals surface area contributed by atoms with E-state index in [0.717, 1.165) is 44.2 Å². The summed E-state index contributed by atoms with van der Waals surface area (Å²) >= 11 is 0. The summed E-state index contributed by atoms with van der Waals surface area (Å²) in [6, 6.07) is 5.43. The summed E-state index contributed by atoms with van der Waals surface area (Å²) in [7, 11) is 0. The Kier molecular flexibility index (Phi) is 5.75. The molecule has 0 aliphatic carbocycles. The molecule has 8 nitrogen and oxygen atoms in total. The van der Waals surface area contributed by atoms with Crippen LogP contribution in [0.15, 0.2) is 36.8 Å². The third-order valence-corrected chi connectivity index (χ3v) is 3.85. The molecule has 0 spiro atoms. The number of hydrogen-bond acceptors (Lipinski definition) is 5. The van der Waals surface area contributed by atoms with Gasteiger partial charge in [0.25, 0.3) is 0 Å². The fraction of sp³-hybridized carbons (Fsp3) is 0.438. The Bertz CT molecular complexity index is 640. The highest BCUT2D eigenvalue weighted by Crippen LogP contribution is 2.09. The minimum Gasteiger partial charge on any atom is -0.379 e. The maximum atomic E-state index is 11.9. The first-order chi connectivity index (χ1) is 11.8. The fourth-order valence-electron chi connectivity index (χ4n) is 2.56. The second-order valence-electron chi connectivity index (χ2n) is 5.50. The van der Waals surface area contributed by atoms with Crippen LogP contribution in [0.5, 0.6) is 0 Å². The summed E-state index contributed by atoms with van der Waals surface area (Å²) in [4.78, 5) is 18.6. The normalized spacial score (nSPS) is 15.2. The molecule has 1 fully saturated rings. The molecule has 0 radical (unpaired) electrons. The van der Waals surface area contributed by atoms with Crippen LogP contribution in [0.1, 0.15) is 5.56 Å². The first kappa shape index (κ1) is 16.4. The Balaban J connectivity index is 1.45. The van der Waals surface area contributed by atoms with Crippen LogP contribution in [0.3, 0.4) is 0 Å². The molecule has 2 N–H and O–H groups in total. The summed E-state index contributed by atoms with van der Waals surface area (Å²) in [6.07, 6.45) is 5.24. The van der Waals surface area contributed by atoms with Crippen LogP contribution in [-0.2, 0) is 11.3 Å². The Hall–Kier alpha value is -2.45. The van der Waals surface area contributed by atoms with E-state index in [4.69, 9.17) is 4.74 Å². The van der Waals surface area contributed by atoms with Gasteiger partial charge in [-0.1, -0.05) is 6.07 Å². The van der Waals surface area contributed by atoms with Gasteiger partial charge in [0, 0.05) is 56.9 Å². The molecular weight excluding hydrogens is 308 g/mol. The van der Waals surface area contributed by atoms with Gasteiger partial charge in [-0.15, -0.1) is 0 Å². The van der Waals surface area contributed by atoms with Crippen molar-refractivity contribution >= 4 is 6.03 Å². The molecule has 1 saturated heterocycles. The van der Waals surface area contributed by atoms with E-state index in [2.05, 4.69) is 25.6 Å². The number of amides is 2. The first-order valence-electron chi connectivity index (χ1n) is 8.08. The van der Waals surface area contributed by atoms with Crippen LogP contribution < -0.4 is 10.6 Å². The number of pyridine rings is 1. The molecule has 3 rings (SSSR count). The van der Waals surface area contributed by atoms with Gasteiger partial charge >= 0.3 is 6.03 Å². The lowest BCUT2D eigenvalue weighted by Crippen LogP contribution is -2.43. The van der Waals surface area contributed by atoms with Crippen molar-refractivity contribution in [3.8, 4) is 5.82 Å². The number of hydrogen-bond donors (Lipinski definition) is 2. The molecule has 0 aromatic carbocycles. The largest absolute Gasteiger partial charge is 0.379 e. The second-order valence-corrected chi connectivity index (χ2v) is 5.50. The summed E-state index contributed by atoms with van der Waals surface area (Å²) in [5.41, 5.74) is 0.907. The van der Waals surface area contributed by atoms with Crippen LogP contribution in [0.2, 0.25) is 0 Å². The first-order valence-corrected chi connectivity index (χ1v) is 8.08. The Morgan fingerprint density at radius 2 is 2.08 bits per heavy atom. The van der Waals surface area contributed by atoms with Crippen molar-refractivity contribution in [2.75, 3.05) is 39.4 Å². The van der Waals surface area contributed by atoms with Crippen molar-refractivity contribution in [1.82, 2.24) is 30.3 Å². The number of nitrogens with zero attached hydrogens (tertiary/aromatic N) is 4. The zero-order valence-electron chi connectivity index (χ0n) is 13.5. The van der Waals surface area contributed by atoms with Crippen molar-refractivity contribution in [2.24, 2.45) is 0 Å². The number of morpholine rings is 1. The van der Waals surface area contributed by atoms with Crippen molar-refractivity contribution in [3.05, 3.63) is 42.4 Å². The quantitative estimate of drug-likeness (QED) is 0.801. The zero-order valence-corrected chi connectivity index (χ0v) is 13.5. The average molecular weight is 330 g/mol. The third kappa shape index (κ3) is 4.53. The van der Waals surface area contributed by atoms with E-state index in [1.807, 2.05) is 24.4 Å². The van der Waals surface area contributed by atoms with Crippen molar-refractivity contribution in [2.45, 2.75) is 6.54 Å². The van der Waals surface area contributed by atoms with Gasteiger partial charge in [0.05, 0.1) is 13.2 Å². The number of ether oxygens (including phenoxy) is 1. The maximum Gasteiger partial charge on any atom is 0.315 e. The van der Waals surface area contributed by atoms with Gasteiger partial charge in [-0.3, -0.25) is 4.90 Å². The predicted octanol–water partition coefficient (Wildman–Crippen LogP) is 0.399. The van der Waals surface area contributed by atoms with Crippen LogP contribution >= 0.6 is 0 Å². The van der Waals surface area contributed by atoms with E-state index >= 15 is 0 Å². The third-order valence-electron chi connectivity index (χ3n) is 3.85. The Morgan fingerprint density at radius 3 is 2.88 bits per heavy atom. The smallest absolute Gasteiger partial charge is 0.315 e. The van der Waals surface area contributed by atoms with Crippen LogP contribution in [0.25, 0.3) is 5.82 Å². The SMILES string of the molecule is O=C(NCCN1CCOCC1)NCc1cccnc1-n1cccn1. The lowest BCUT2D eigenvalue weighted by molar-refractivity contribution is 0.0387. The van der Waals surface area contributed by atoms with E-state index in [1.165, 1.54) is 0 Å². The molecule has 24 heavy (non-hydrogen) atoms. The Labute approximate surface area is 140 Å². The van der Waals surface area contributed by atoms with Gasteiger partial charge in [-0.25, -0.2) is 14.5 Å². The van der Waals surface area contributed by atoms with E-state index in [1.54, 1.807) is 17.1 Å². The van der Waals surface area contributed by atoms with Gasteiger partial charge in [0.1, 0.15) is 0 Å². The van der Waals surface area contributed by atoms with Crippen LogP contribution in [0, 0.1) is 0 Å². The van der Waals surface area contributed by atoms with Crippen LogP contribution in [0.4, 0.5) is 4.79 Å². The van der Waals surface area contributed by atoms with Gasteiger partial charge in [0.2, 0.25) is 0 Å². The average Bonchev–Trinajstić information content (AvgIpc) is 3.16. The number of urea groups is 1. The van der Waals surface area contributed by atoms with E-state index in [9.17, 15) is 4.79 Å². The van der Waals surface area contributed by atoms with E-state index in [0.29, 0.717) is 13.1 Å². The number of carbonyl (C=O) groups is 1. The topological polar surface area (TPSA) is 84.3 Å². The molecule has 2 aromatic heterocycles. The van der Waals surface area contributed by atoms with Crippen molar-refractivity contribution < 1.29 is 9.53 Å². The lowest BCUT2D eigenvalue weighted by atomic mass is 10.2. The summed E-state index contributed by atoms with van der Waals surface area (Å²) in [5.74, 6) is 0.719.